The number of hydrogen-bond donors (Lipinski definition) is 2. The molecule has 0 bridgehead atoms. The molecule has 17 heavy (non-hydrogen) atoms. The van der Waals surface area contributed by atoms with E-state index in [0.29, 0.717) is 12.1 Å². The lowest BCUT2D eigenvalue weighted by Crippen LogP contribution is -2.62. The van der Waals surface area contributed by atoms with Crippen molar-refractivity contribution in [2.45, 2.75) is 50.4 Å². The first-order valence-electron chi connectivity index (χ1n) is 7.14. The fourth-order valence-electron chi connectivity index (χ4n) is 3.83. The smallest absolute Gasteiger partial charge is 0.0831 e. The number of hydrogen-bond acceptors (Lipinski definition) is 4. The molecule has 0 amide bonds. The number of piperidine rings is 1. The molecular weight excluding hydrogens is 214 g/mol. The van der Waals surface area contributed by atoms with Crippen LogP contribution in [0.4, 0.5) is 0 Å². The molecule has 0 aromatic carbocycles. The summed E-state index contributed by atoms with van der Waals surface area (Å²) < 4.78 is 0. The fourth-order valence-corrected chi connectivity index (χ4v) is 3.83. The lowest BCUT2D eigenvalue weighted by atomic mass is 9.95. The van der Waals surface area contributed by atoms with Crippen molar-refractivity contribution in [2.75, 3.05) is 32.7 Å². The van der Waals surface area contributed by atoms with E-state index in [0.717, 1.165) is 25.7 Å². The van der Waals surface area contributed by atoms with Gasteiger partial charge in [0.2, 0.25) is 0 Å². The van der Waals surface area contributed by atoms with Gasteiger partial charge in [0.15, 0.2) is 0 Å². The van der Waals surface area contributed by atoms with Gasteiger partial charge in [-0.15, -0.1) is 0 Å². The molecule has 0 aliphatic carbocycles. The lowest BCUT2D eigenvalue weighted by Gasteiger charge is -2.49. The Balaban J connectivity index is 1.68. The number of rotatable bonds is 1. The van der Waals surface area contributed by atoms with Gasteiger partial charge in [-0.1, -0.05) is 6.42 Å². The zero-order valence-corrected chi connectivity index (χ0v) is 10.8. The monoisotopic (exact) mass is 239 g/mol. The molecule has 4 nitrogen and oxygen atoms in total. The molecule has 0 aromatic rings. The molecular formula is C13H25N3O. The van der Waals surface area contributed by atoms with Crippen LogP contribution in [0.2, 0.25) is 0 Å². The first-order chi connectivity index (χ1) is 8.25. The van der Waals surface area contributed by atoms with E-state index in [1.54, 1.807) is 0 Å². The third-order valence-electron chi connectivity index (χ3n) is 4.81. The maximum absolute atomic E-state index is 10.0. The Bertz CT molecular complexity index is 273. The van der Waals surface area contributed by atoms with Crippen LogP contribution in [-0.4, -0.2) is 71.9 Å². The molecule has 0 spiro atoms. The van der Waals surface area contributed by atoms with Gasteiger partial charge in [0.25, 0.3) is 0 Å². The largest absolute Gasteiger partial charge is 0.390 e. The Labute approximate surface area is 104 Å². The Hall–Kier alpha value is -0.160. The average Bonchev–Trinajstić information content (AvgIpc) is 2.74. The first-order valence-corrected chi connectivity index (χ1v) is 7.14. The normalized spacial score (nSPS) is 44.8. The van der Waals surface area contributed by atoms with E-state index < -0.39 is 0 Å². The van der Waals surface area contributed by atoms with Crippen LogP contribution in [0.5, 0.6) is 0 Å². The van der Waals surface area contributed by atoms with Crippen molar-refractivity contribution < 1.29 is 5.11 Å². The molecule has 3 heterocycles. The van der Waals surface area contributed by atoms with Crippen molar-refractivity contribution in [1.82, 2.24) is 15.1 Å². The Morgan fingerprint density at radius 2 is 2.06 bits per heavy atom. The molecule has 98 valence electrons. The zero-order valence-electron chi connectivity index (χ0n) is 10.8. The molecule has 4 atom stereocenters. The lowest BCUT2D eigenvalue weighted by molar-refractivity contribution is -0.0287. The van der Waals surface area contributed by atoms with E-state index in [1.165, 1.54) is 32.4 Å². The molecule has 2 N–H and O–H groups in total. The number of fused-ring (bicyclic) bond motifs is 1. The van der Waals surface area contributed by atoms with Crippen molar-refractivity contribution in [1.29, 1.82) is 0 Å². The quantitative estimate of drug-likeness (QED) is 0.669. The maximum Gasteiger partial charge on any atom is 0.0831 e. The molecule has 0 saturated carbocycles. The summed E-state index contributed by atoms with van der Waals surface area (Å²) in [6, 6.07) is 1.67. The molecule has 3 saturated heterocycles. The van der Waals surface area contributed by atoms with Gasteiger partial charge in [-0.05, 0) is 26.3 Å². The van der Waals surface area contributed by atoms with Crippen molar-refractivity contribution in [3.05, 3.63) is 0 Å². The van der Waals surface area contributed by atoms with E-state index in [-0.39, 0.29) is 6.10 Å². The highest BCUT2D eigenvalue weighted by atomic mass is 16.3. The minimum atomic E-state index is -0.174. The van der Waals surface area contributed by atoms with E-state index in [1.807, 2.05) is 0 Å². The average molecular weight is 239 g/mol. The number of piperazine rings is 1. The van der Waals surface area contributed by atoms with Gasteiger partial charge in [0.1, 0.15) is 0 Å². The Kier molecular flexibility index (Phi) is 3.39. The molecule has 0 radical (unpaired) electrons. The van der Waals surface area contributed by atoms with Crippen LogP contribution in [-0.2, 0) is 0 Å². The van der Waals surface area contributed by atoms with E-state index in [4.69, 9.17) is 0 Å². The number of aliphatic hydroxyl groups excluding tert-OH is 1. The minimum Gasteiger partial charge on any atom is -0.390 e. The number of β-amino-alcohol motifs (C(OH)–C–C–N with tert-alkyl or cyclic N) is 1. The Morgan fingerprint density at radius 3 is 2.82 bits per heavy atom. The van der Waals surface area contributed by atoms with E-state index in [9.17, 15) is 5.11 Å². The van der Waals surface area contributed by atoms with Gasteiger partial charge >= 0.3 is 0 Å². The second-order valence-corrected chi connectivity index (χ2v) is 5.98. The fraction of sp³-hybridized carbons (Fsp3) is 1.00. The maximum atomic E-state index is 10.0. The summed E-state index contributed by atoms with van der Waals surface area (Å²) in [5.41, 5.74) is 0. The van der Waals surface area contributed by atoms with Gasteiger partial charge in [-0.25, -0.2) is 0 Å². The molecule has 0 aromatic heterocycles. The van der Waals surface area contributed by atoms with Crippen LogP contribution in [0.1, 0.15) is 26.2 Å². The van der Waals surface area contributed by atoms with Crippen molar-refractivity contribution >= 4 is 0 Å². The van der Waals surface area contributed by atoms with Crippen LogP contribution in [0.3, 0.4) is 0 Å². The third kappa shape index (κ3) is 2.24. The summed E-state index contributed by atoms with van der Waals surface area (Å²) in [4.78, 5) is 5.22. The van der Waals surface area contributed by atoms with Gasteiger partial charge < -0.3 is 10.4 Å². The topological polar surface area (TPSA) is 38.7 Å². The van der Waals surface area contributed by atoms with Gasteiger partial charge in [-0.2, -0.15) is 0 Å². The van der Waals surface area contributed by atoms with Crippen molar-refractivity contribution in [2.24, 2.45) is 0 Å². The molecule has 4 heteroatoms. The standard InChI is InChI=1S/C13H25N3O/c1-10-8-15-5-3-2-4-11(15)9-16(10)12-6-14-7-13(12)17/h10-14,17H,2-9H2,1H3. The SMILES string of the molecule is CC1CN2CCCCC2CN1C1CNCC1O. The first kappa shape index (κ1) is 11.9. The molecule has 3 aliphatic heterocycles. The summed E-state index contributed by atoms with van der Waals surface area (Å²) >= 11 is 0. The third-order valence-corrected chi connectivity index (χ3v) is 4.81. The molecule has 3 fully saturated rings. The zero-order chi connectivity index (χ0) is 11.8. The van der Waals surface area contributed by atoms with Crippen LogP contribution >= 0.6 is 0 Å². The molecule has 4 unspecified atom stereocenters. The van der Waals surface area contributed by atoms with Crippen LogP contribution in [0, 0.1) is 0 Å². The second kappa shape index (κ2) is 4.84. The van der Waals surface area contributed by atoms with E-state index in [2.05, 4.69) is 22.0 Å². The van der Waals surface area contributed by atoms with Crippen molar-refractivity contribution in [3.63, 3.8) is 0 Å². The minimum absolute atomic E-state index is 0.174. The number of nitrogens with zero attached hydrogens (tertiary/aromatic N) is 2. The van der Waals surface area contributed by atoms with Crippen LogP contribution in [0.25, 0.3) is 0 Å². The van der Waals surface area contributed by atoms with Crippen LogP contribution < -0.4 is 5.32 Å². The summed E-state index contributed by atoms with van der Waals surface area (Å²) in [5, 5.41) is 13.3. The summed E-state index contributed by atoms with van der Waals surface area (Å²) in [6.45, 7) is 7.67. The van der Waals surface area contributed by atoms with Crippen molar-refractivity contribution in [3.8, 4) is 0 Å². The summed E-state index contributed by atoms with van der Waals surface area (Å²) in [5.74, 6) is 0. The molecule has 3 aliphatic rings. The van der Waals surface area contributed by atoms with E-state index >= 15 is 0 Å². The van der Waals surface area contributed by atoms with Crippen LogP contribution in [0.15, 0.2) is 0 Å². The highest BCUT2D eigenvalue weighted by Crippen LogP contribution is 2.26. The predicted molar refractivity (Wildman–Crippen MR) is 68.0 cm³/mol. The number of nitrogens with one attached hydrogen (secondary N) is 1. The van der Waals surface area contributed by atoms with Gasteiger partial charge in [0, 0.05) is 44.3 Å². The van der Waals surface area contributed by atoms with Gasteiger partial charge in [0.05, 0.1) is 6.10 Å². The summed E-state index contributed by atoms with van der Waals surface area (Å²) in [7, 11) is 0. The highest BCUT2D eigenvalue weighted by Gasteiger charge is 2.39. The predicted octanol–water partition coefficient (Wildman–Crippen LogP) is -0.122. The second-order valence-electron chi connectivity index (χ2n) is 5.98. The number of aliphatic hydroxyl groups is 1. The summed E-state index contributed by atoms with van der Waals surface area (Å²) in [6.07, 6.45) is 3.93. The highest BCUT2D eigenvalue weighted by molar-refractivity contribution is 4.97. The molecule has 3 rings (SSSR count). The Morgan fingerprint density at radius 1 is 1.18 bits per heavy atom. The van der Waals surface area contributed by atoms with Gasteiger partial charge in [-0.3, -0.25) is 9.80 Å².